The molecule has 0 aliphatic carbocycles. The summed E-state index contributed by atoms with van der Waals surface area (Å²) >= 11 is 0. The van der Waals surface area contributed by atoms with Crippen molar-refractivity contribution in [3.8, 4) is 5.75 Å². The van der Waals surface area contributed by atoms with Crippen molar-refractivity contribution in [2.75, 3.05) is 7.11 Å². The Morgan fingerprint density at radius 3 is 2.42 bits per heavy atom. The van der Waals surface area contributed by atoms with Crippen LogP contribution < -0.4 is 4.74 Å². The molecular formula is C9H10O2S. The zero-order valence-corrected chi connectivity index (χ0v) is 7.64. The van der Waals surface area contributed by atoms with Crippen molar-refractivity contribution in [1.29, 1.82) is 0 Å². The molecule has 2 nitrogen and oxygen atoms in total. The summed E-state index contributed by atoms with van der Waals surface area (Å²) in [4.78, 5) is 0.741. The Kier molecular flexibility index (Phi) is 3.05. The zero-order valence-electron chi connectivity index (χ0n) is 6.82. The van der Waals surface area contributed by atoms with Gasteiger partial charge in [0.1, 0.15) is 5.75 Å². The third-order valence-electron chi connectivity index (χ3n) is 1.44. The topological polar surface area (TPSA) is 26.3 Å². The second-order valence-corrected chi connectivity index (χ2v) is 3.54. The molecule has 0 aliphatic rings. The standard InChI is InChI=1S/C9H10O2S/c1-3-12(10)9-6-4-8(11-2)5-7-9/h3-7H,1H2,2H3/t12-/m0/s1. The summed E-state index contributed by atoms with van der Waals surface area (Å²) in [5, 5.41) is 1.40. The number of rotatable bonds is 3. The van der Waals surface area contributed by atoms with Gasteiger partial charge >= 0.3 is 0 Å². The molecule has 0 aromatic heterocycles. The highest BCUT2D eigenvalue weighted by atomic mass is 32.2. The van der Waals surface area contributed by atoms with E-state index in [1.54, 1.807) is 31.4 Å². The third-order valence-corrected chi connectivity index (χ3v) is 2.48. The molecule has 0 aliphatic heterocycles. The minimum Gasteiger partial charge on any atom is -0.497 e. The van der Waals surface area contributed by atoms with E-state index < -0.39 is 10.8 Å². The van der Waals surface area contributed by atoms with Crippen LogP contribution in [0.15, 0.2) is 41.1 Å². The van der Waals surface area contributed by atoms with Gasteiger partial charge in [-0.1, -0.05) is 6.58 Å². The van der Waals surface area contributed by atoms with E-state index in [1.807, 2.05) is 0 Å². The summed E-state index contributed by atoms with van der Waals surface area (Å²) in [6.07, 6.45) is 0. The van der Waals surface area contributed by atoms with Crippen molar-refractivity contribution >= 4 is 10.8 Å². The summed E-state index contributed by atoms with van der Waals surface area (Å²) in [5.41, 5.74) is 0. The molecular weight excluding hydrogens is 172 g/mol. The lowest BCUT2D eigenvalue weighted by Gasteiger charge is -1.99. The predicted octanol–water partition coefficient (Wildman–Crippen LogP) is 1.95. The second-order valence-electron chi connectivity index (χ2n) is 2.14. The maximum absolute atomic E-state index is 11.2. The Balaban J connectivity index is 2.91. The first-order valence-electron chi connectivity index (χ1n) is 3.45. The fraction of sp³-hybridized carbons (Fsp3) is 0.111. The highest BCUT2D eigenvalue weighted by molar-refractivity contribution is 7.88. The highest BCUT2D eigenvalue weighted by Gasteiger charge is 1.97. The molecule has 0 saturated heterocycles. The smallest absolute Gasteiger partial charge is 0.118 e. The second kappa shape index (κ2) is 4.07. The molecule has 64 valence electrons. The summed E-state index contributed by atoms with van der Waals surface area (Å²) < 4.78 is 16.1. The zero-order chi connectivity index (χ0) is 8.97. The molecule has 0 bridgehead atoms. The lowest BCUT2D eigenvalue weighted by atomic mass is 10.3. The van der Waals surface area contributed by atoms with E-state index in [0.29, 0.717) is 0 Å². The van der Waals surface area contributed by atoms with Crippen LogP contribution in [0.2, 0.25) is 0 Å². The molecule has 0 amide bonds. The van der Waals surface area contributed by atoms with Crippen LogP contribution in [-0.2, 0) is 10.8 Å². The first-order valence-corrected chi connectivity index (χ1v) is 4.66. The van der Waals surface area contributed by atoms with Gasteiger partial charge in [-0.25, -0.2) is 4.21 Å². The predicted molar refractivity (Wildman–Crippen MR) is 49.6 cm³/mol. The monoisotopic (exact) mass is 182 g/mol. The molecule has 3 heteroatoms. The summed E-state index contributed by atoms with van der Waals surface area (Å²) in [6, 6.07) is 7.07. The fourth-order valence-electron chi connectivity index (χ4n) is 0.806. The summed E-state index contributed by atoms with van der Waals surface area (Å²) in [7, 11) is 0.504. The van der Waals surface area contributed by atoms with E-state index in [1.165, 1.54) is 5.41 Å². The molecule has 0 N–H and O–H groups in total. The van der Waals surface area contributed by atoms with E-state index in [9.17, 15) is 4.21 Å². The normalized spacial score (nSPS) is 12.1. The third kappa shape index (κ3) is 1.95. The molecule has 1 rings (SSSR count). The van der Waals surface area contributed by atoms with Crippen molar-refractivity contribution in [2.45, 2.75) is 4.90 Å². The van der Waals surface area contributed by atoms with Crippen LogP contribution in [0.4, 0.5) is 0 Å². The van der Waals surface area contributed by atoms with Crippen LogP contribution >= 0.6 is 0 Å². The maximum atomic E-state index is 11.2. The Morgan fingerprint density at radius 1 is 1.42 bits per heavy atom. The molecule has 0 radical (unpaired) electrons. The van der Waals surface area contributed by atoms with Crippen LogP contribution in [0.1, 0.15) is 0 Å². The molecule has 12 heavy (non-hydrogen) atoms. The first-order chi connectivity index (χ1) is 5.77. The quantitative estimate of drug-likeness (QED) is 0.714. The highest BCUT2D eigenvalue weighted by Crippen LogP contribution is 2.14. The minimum atomic E-state index is -1.09. The lowest BCUT2D eigenvalue weighted by molar-refractivity contribution is 0.414. The maximum Gasteiger partial charge on any atom is 0.118 e. The van der Waals surface area contributed by atoms with Crippen LogP contribution in [-0.4, -0.2) is 11.3 Å². The molecule has 1 aromatic rings. The van der Waals surface area contributed by atoms with Gasteiger partial charge in [-0.2, -0.15) is 0 Å². The van der Waals surface area contributed by atoms with Gasteiger partial charge in [-0.15, -0.1) is 0 Å². The average molecular weight is 182 g/mol. The SMILES string of the molecule is C=C[S@](=O)c1ccc(OC)cc1. The van der Waals surface area contributed by atoms with Crippen LogP contribution in [0.5, 0.6) is 5.75 Å². The molecule has 1 atom stereocenters. The van der Waals surface area contributed by atoms with Crippen molar-refractivity contribution in [3.05, 3.63) is 36.3 Å². The van der Waals surface area contributed by atoms with Gasteiger partial charge in [0.05, 0.1) is 17.9 Å². The number of hydrogen-bond acceptors (Lipinski definition) is 2. The van der Waals surface area contributed by atoms with Crippen molar-refractivity contribution in [2.24, 2.45) is 0 Å². The number of methoxy groups -OCH3 is 1. The van der Waals surface area contributed by atoms with E-state index in [0.717, 1.165) is 10.6 Å². The van der Waals surface area contributed by atoms with Gasteiger partial charge in [-0.3, -0.25) is 0 Å². The molecule has 0 unspecified atom stereocenters. The van der Waals surface area contributed by atoms with Gasteiger partial charge in [0.15, 0.2) is 0 Å². The van der Waals surface area contributed by atoms with Gasteiger partial charge in [0, 0.05) is 10.3 Å². The van der Waals surface area contributed by atoms with Gasteiger partial charge in [0.25, 0.3) is 0 Å². The number of ether oxygens (including phenoxy) is 1. The van der Waals surface area contributed by atoms with E-state index in [-0.39, 0.29) is 0 Å². The Hall–Kier alpha value is -1.09. The average Bonchev–Trinajstić information content (AvgIpc) is 2.17. The lowest BCUT2D eigenvalue weighted by Crippen LogP contribution is -1.86. The van der Waals surface area contributed by atoms with Crippen molar-refractivity contribution in [1.82, 2.24) is 0 Å². The molecule has 0 saturated carbocycles. The van der Waals surface area contributed by atoms with Gasteiger partial charge in [-0.05, 0) is 24.3 Å². The number of benzene rings is 1. The Labute approximate surface area is 74.3 Å². The van der Waals surface area contributed by atoms with Crippen LogP contribution in [0, 0.1) is 0 Å². The van der Waals surface area contributed by atoms with E-state index in [2.05, 4.69) is 6.58 Å². The number of hydrogen-bond donors (Lipinski definition) is 0. The Bertz CT molecular complexity index is 290. The first kappa shape index (κ1) is 9.00. The van der Waals surface area contributed by atoms with Crippen LogP contribution in [0.25, 0.3) is 0 Å². The molecule has 1 aromatic carbocycles. The molecule has 0 heterocycles. The largest absolute Gasteiger partial charge is 0.497 e. The van der Waals surface area contributed by atoms with Gasteiger partial charge < -0.3 is 4.74 Å². The molecule has 0 fully saturated rings. The van der Waals surface area contributed by atoms with Crippen molar-refractivity contribution < 1.29 is 8.95 Å². The fourth-order valence-corrected chi connectivity index (χ4v) is 1.40. The van der Waals surface area contributed by atoms with E-state index in [4.69, 9.17) is 4.74 Å². The summed E-state index contributed by atoms with van der Waals surface area (Å²) in [5.74, 6) is 0.764. The van der Waals surface area contributed by atoms with Crippen LogP contribution in [0.3, 0.4) is 0 Å². The van der Waals surface area contributed by atoms with Crippen molar-refractivity contribution in [3.63, 3.8) is 0 Å². The van der Waals surface area contributed by atoms with Gasteiger partial charge in [0.2, 0.25) is 0 Å². The molecule has 0 spiro atoms. The Morgan fingerprint density at radius 2 is 2.00 bits per heavy atom. The minimum absolute atomic E-state index is 0.741. The summed E-state index contributed by atoms with van der Waals surface area (Å²) in [6.45, 7) is 3.45. The van der Waals surface area contributed by atoms with E-state index >= 15 is 0 Å².